The van der Waals surface area contributed by atoms with E-state index >= 15 is 0 Å². The summed E-state index contributed by atoms with van der Waals surface area (Å²) in [5, 5.41) is 4.47. The van der Waals surface area contributed by atoms with Gasteiger partial charge in [-0.2, -0.15) is 5.10 Å². The van der Waals surface area contributed by atoms with Crippen LogP contribution in [0.4, 0.5) is 0 Å². The molecule has 0 saturated carbocycles. The average molecular weight is 322 g/mol. The third-order valence-corrected chi connectivity index (χ3v) is 3.97. The summed E-state index contributed by atoms with van der Waals surface area (Å²) >= 11 is 3.45. The molecule has 0 saturated heterocycles. The second kappa shape index (κ2) is 5.47. The Morgan fingerprint density at radius 3 is 2.47 bits per heavy atom. The summed E-state index contributed by atoms with van der Waals surface area (Å²) in [4.78, 5) is 0. The van der Waals surface area contributed by atoms with Crippen LogP contribution in [0.25, 0.3) is 0 Å². The van der Waals surface area contributed by atoms with Gasteiger partial charge in [-0.3, -0.25) is 4.68 Å². The van der Waals surface area contributed by atoms with Gasteiger partial charge in [-0.1, -0.05) is 35.0 Å². The number of benzene rings is 1. The molecule has 0 aliphatic carbocycles. The fraction of sp³-hybridized carbons (Fsp3) is 0.400. The summed E-state index contributed by atoms with van der Waals surface area (Å²) in [7, 11) is 1.98. The van der Waals surface area contributed by atoms with Crippen molar-refractivity contribution in [2.75, 3.05) is 0 Å². The minimum absolute atomic E-state index is 0.389. The standard InChI is InChI=1S/C15H20BrN3/c1-4-13-9-14(19(3)18-13)10-15(2,17)11-5-7-12(16)8-6-11/h5-9H,4,10,17H2,1-3H3. The van der Waals surface area contributed by atoms with Gasteiger partial charge in [0.05, 0.1) is 5.69 Å². The topological polar surface area (TPSA) is 43.8 Å². The van der Waals surface area contributed by atoms with Gasteiger partial charge in [0, 0.05) is 29.2 Å². The Labute approximate surface area is 122 Å². The van der Waals surface area contributed by atoms with E-state index in [0.29, 0.717) is 0 Å². The van der Waals surface area contributed by atoms with E-state index in [1.54, 1.807) is 0 Å². The van der Waals surface area contributed by atoms with Crippen molar-refractivity contribution in [1.29, 1.82) is 0 Å². The predicted molar refractivity (Wildman–Crippen MR) is 82.0 cm³/mol. The summed E-state index contributed by atoms with van der Waals surface area (Å²) in [6.07, 6.45) is 1.73. The zero-order valence-corrected chi connectivity index (χ0v) is 13.2. The van der Waals surface area contributed by atoms with E-state index in [2.05, 4.69) is 53.1 Å². The minimum Gasteiger partial charge on any atom is -0.321 e. The fourth-order valence-corrected chi connectivity index (χ4v) is 2.48. The van der Waals surface area contributed by atoms with Crippen molar-refractivity contribution in [2.45, 2.75) is 32.2 Å². The molecule has 1 atom stereocenters. The first-order valence-electron chi connectivity index (χ1n) is 6.49. The van der Waals surface area contributed by atoms with Crippen molar-refractivity contribution >= 4 is 15.9 Å². The lowest BCUT2D eigenvalue weighted by atomic mass is 9.88. The second-order valence-electron chi connectivity index (χ2n) is 5.21. The zero-order valence-electron chi connectivity index (χ0n) is 11.7. The molecule has 0 radical (unpaired) electrons. The van der Waals surface area contributed by atoms with Gasteiger partial charge in [0.15, 0.2) is 0 Å². The van der Waals surface area contributed by atoms with Crippen molar-refractivity contribution in [3.05, 3.63) is 51.8 Å². The number of rotatable bonds is 4. The Balaban J connectivity index is 2.24. The smallest absolute Gasteiger partial charge is 0.0624 e. The molecule has 2 N–H and O–H groups in total. The Kier molecular flexibility index (Phi) is 4.11. The van der Waals surface area contributed by atoms with Crippen LogP contribution in [0.1, 0.15) is 30.8 Å². The maximum absolute atomic E-state index is 6.48. The normalized spacial score (nSPS) is 14.4. The number of halogens is 1. The van der Waals surface area contributed by atoms with E-state index in [0.717, 1.165) is 28.6 Å². The van der Waals surface area contributed by atoms with Crippen LogP contribution < -0.4 is 5.73 Å². The van der Waals surface area contributed by atoms with Gasteiger partial charge >= 0.3 is 0 Å². The molecule has 2 rings (SSSR count). The highest BCUT2D eigenvalue weighted by Crippen LogP contribution is 2.24. The number of hydrogen-bond acceptors (Lipinski definition) is 2. The second-order valence-corrected chi connectivity index (χ2v) is 6.12. The summed E-state index contributed by atoms with van der Waals surface area (Å²) in [6.45, 7) is 4.18. The molecule has 0 fully saturated rings. The van der Waals surface area contributed by atoms with Gasteiger partial charge in [0.2, 0.25) is 0 Å². The molecule has 0 spiro atoms. The van der Waals surface area contributed by atoms with Crippen LogP contribution in [0.2, 0.25) is 0 Å². The monoisotopic (exact) mass is 321 g/mol. The Hall–Kier alpha value is -1.13. The van der Waals surface area contributed by atoms with Gasteiger partial charge in [-0.05, 0) is 37.1 Å². The summed E-state index contributed by atoms with van der Waals surface area (Å²) in [5.74, 6) is 0. The molecule has 1 aromatic carbocycles. The Bertz CT molecular complexity index is 555. The first-order chi connectivity index (χ1) is 8.92. The van der Waals surface area contributed by atoms with Crippen LogP contribution in [0.15, 0.2) is 34.8 Å². The highest BCUT2D eigenvalue weighted by atomic mass is 79.9. The van der Waals surface area contributed by atoms with Gasteiger partial charge < -0.3 is 5.73 Å². The van der Waals surface area contributed by atoms with Crippen LogP contribution in [0.5, 0.6) is 0 Å². The maximum atomic E-state index is 6.48. The predicted octanol–water partition coefficient (Wildman–Crippen LogP) is 3.16. The van der Waals surface area contributed by atoms with E-state index in [4.69, 9.17) is 5.73 Å². The van der Waals surface area contributed by atoms with Crippen LogP contribution in [-0.2, 0) is 25.4 Å². The van der Waals surface area contributed by atoms with Gasteiger partial charge in [-0.15, -0.1) is 0 Å². The fourth-order valence-electron chi connectivity index (χ4n) is 2.22. The number of nitrogens with two attached hydrogens (primary N) is 1. The van der Waals surface area contributed by atoms with E-state index < -0.39 is 0 Å². The molecule has 19 heavy (non-hydrogen) atoms. The van der Waals surface area contributed by atoms with Crippen LogP contribution >= 0.6 is 15.9 Å². The molecular weight excluding hydrogens is 302 g/mol. The van der Waals surface area contributed by atoms with Crippen LogP contribution in [0, 0.1) is 0 Å². The third kappa shape index (κ3) is 3.25. The first-order valence-corrected chi connectivity index (χ1v) is 7.28. The molecule has 0 bridgehead atoms. The molecule has 0 amide bonds. The van der Waals surface area contributed by atoms with Gasteiger partial charge in [-0.25, -0.2) is 0 Å². The molecular formula is C15H20BrN3. The number of hydrogen-bond donors (Lipinski definition) is 1. The number of aryl methyl sites for hydroxylation is 2. The van der Waals surface area contributed by atoms with Crippen molar-refractivity contribution in [1.82, 2.24) is 9.78 Å². The Morgan fingerprint density at radius 1 is 1.32 bits per heavy atom. The summed E-state index contributed by atoms with van der Waals surface area (Å²) in [6, 6.07) is 10.3. The van der Waals surface area contributed by atoms with Crippen molar-refractivity contribution in [3.63, 3.8) is 0 Å². The highest BCUT2D eigenvalue weighted by Gasteiger charge is 2.23. The van der Waals surface area contributed by atoms with E-state index in [1.807, 2.05) is 23.9 Å². The lowest BCUT2D eigenvalue weighted by Crippen LogP contribution is -2.36. The van der Waals surface area contributed by atoms with Crippen LogP contribution in [0.3, 0.4) is 0 Å². The molecule has 1 unspecified atom stereocenters. The zero-order chi connectivity index (χ0) is 14.0. The van der Waals surface area contributed by atoms with Crippen molar-refractivity contribution in [3.8, 4) is 0 Å². The average Bonchev–Trinajstić information content (AvgIpc) is 2.70. The Morgan fingerprint density at radius 2 is 1.95 bits per heavy atom. The molecule has 1 heterocycles. The molecule has 0 aliphatic rings. The van der Waals surface area contributed by atoms with E-state index in [1.165, 1.54) is 5.69 Å². The van der Waals surface area contributed by atoms with Gasteiger partial charge in [0.1, 0.15) is 0 Å². The largest absolute Gasteiger partial charge is 0.321 e. The van der Waals surface area contributed by atoms with E-state index in [-0.39, 0.29) is 5.54 Å². The minimum atomic E-state index is -0.389. The SMILES string of the molecule is CCc1cc(CC(C)(N)c2ccc(Br)cc2)n(C)n1. The summed E-state index contributed by atoms with van der Waals surface area (Å²) < 4.78 is 3.00. The van der Waals surface area contributed by atoms with Gasteiger partial charge in [0.25, 0.3) is 0 Å². The molecule has 2 aromatic rings. The lowest BCUT2D eigenvalue weighted by molar-refractivity contribution is 0.472. The highest BCUT2D eigenvalue weighted by molar-refractivity contribution is 9.10. The lowest BCUT2D eigenvalue weighted by Gasteiger charge is -2.25. The summed E-state index contributed by atoms with van der Waals surface area (Å²) in [5.41, 5.74) is 9.51. The quantitative estimate of drug-likeness (QED) is 0.940. The molecule has 3 nitrogen and oxygen atoms in total. The van der Waals surface area contributed by atoms with Crippen molar-refractivity contribution < 1.29 is 0 Å². The molecule has 4 heteroatoms. The number of aromatic nitrogens is 2. The van der Waals surface area contributed by atoms with Crippen molar-refractivity contribution in [2.24, 2.45) is 12.8 Å². The first kappa shape index (κ1) is 14.3. The maximum Gasteiger partial charge on any atom is 0.0624 e. The molecule has 102 valence electrons. The van der Waals surface area contributed by atoms with E-state index in [9.17, 15) is 0 Å². The van der Waals surface area contributed by atoms with Crippen LogP contribution in [-0.4, -0.2) is 9.78 Å². The molecule has 1 aromatic heterocycles. The third-order valence-electron chi connectivity index (χ3n) is 3.44. The number of nitrogens with zero attached hydrogens (tertiary/aromatic N) is 2. The molecule has 0 aliphatic heterocycles.